The molecule has 25 heavy (non-hydrogen) atoms. The van der Waals surface area contributed by atoms with Crippen molar-refractivity contribution in [3.63, 3.8) is 0 Å². The number of rotatable bonds is 5. The third kappa shape index (κ3) is 4.21. The highest BCUT2D eigenvalue weighted by molar-refractivity contribution is 7.94. The fraction of sp³-hybridized carbons (Fsp3) is 0.583. The van der Waals surface area contributed by atoms with Crippen molar-refractivity contribution in [3.8, 4) is 5.88 Å². The van der Waals surface area contributed by atoms with E-state index in [0.29, 0.717) is 4.68 Å². The van der Waals surface area contributed by atoms with E-state index in [2.05, 4.69) is 15.3 Å². The van der Waals surface area contributed by atoms with Gasteiger partial charge in [-0.15, -0.1) is 0 Å². The number of aryl methyl sites for hydroxylation is 1. The van der Waals surface area contributed by atoms with Crippen LogP contribution < -0.4 is 10.2 Å². The number of nitrogens with one attached hydrogen (secondary N) is 1. The molecule has 0 bridgehead atoms. The fourth-order valence-electron chi connectivity index (χ4n) is 2.12. The molecule has 0 spiro atoms. The maximum atomic E-state index is 13.1. The highest BCUT2D eigenvalue weighted by Gasteiger charge is 2.42. The van der Waals surface area contributed by atoms with Crippen LogP contribution in [0, 0.1) is 0 Å². The molecule has 7 nitrogen and oxygen atoms in total. The second-order valence-corrected chi connectivity index (χ2v) is 7.67. The molecule has 0 fully saturated rings. The molecule has 0 amide bonds. The van der Waals surface area contributed by atoms with Crippen molar-refractivity contribution in [2.75, 3.05) is 0 Å². The van der Waals surface area contributed by atoms with Crippen LogP contribution in [0.15, 0.2) is 11.1 Å². The third-order valence-electron chi connectivity index (χ3n) is 3.12. The van der Waals surface area contributed by atoms with Crippen LogP contribution in [0.2, 0.25) is 0 Å². The number of hydrogen-bond donors (Lipinski definition) is 1. The first kappa shape index (κ1) is 19.4. The Kier molecular flexibility index (Phi) is 4.76. The lowest BCUT2D eigenvalue weighted by molar-refractivity contribution is -0.142. The van der Waals surface area contributed by atoms with Crippen molar-refractivity contribution in [1.29, 1.82) is 0 Å². The number of sulfone groups is 1. The van der Waals surface area contributed by atoms with Crippen molar-refractivity contribution in [3.05, 3.63) is 22.4 Å². The Bertz CT molecular complexity index is 798. The summed E-state index contributed by atoms with van der Waals surface area (Å²) in [5.74, 6) is -2.24. The summed E-state index contributed by atoms with van der Waals surface area (Å²) >= 11 is 0. The smallest absolute Gasteiger partial charge is 0.417 e. The van der Waals surface area contributed by atoms with Crippen LogP contribution in [0.1, 0.15) is 25.1 Å². The van der Waals surface area contributed by atoms with Crippen LogP contribution in [0.4, 0.5) is 22.0 Å². The zero-order chi connectivity index (χ0) is 19.2. The Morgan fingerprint density at radius 1 is 1.40 bits per heavy atom. The molecule has 13 heteroatoms. The second-order valence-electron chi connectivity index (χ2n) is 5.71. The number of ether oxygens (including phenoxy) is 1. The van der Waals surface area contributed by atoms with Crippen molar-refractivity contribution in [1.82, 2.24) is 15.3 Å². The topological polar surface area (TPSA) is 82.5 Å². The van der Waals surface area contributed by atoms with Gasteiger partial charge in [-0.25, -0.2) is 13.1 Å². The summed E-state index contributed by atoms with van der Waals surface area (Å²) in [4.78, 5) is 4.96. The standard InChI is InChI=1S/C12H14F5N3O4S/c1-11(2)4-7(19-24-11)25(21,22)5-6-8(12(15,16)17)18-20(3)9(6)23-10(13)14/h4,10,19H,5H2,1-3H3. The van der Waals surface area contributed by atoms with Gasteiger partial charge in [-0.3, -0.25) is 10.3 Å². The average molecular weight is 391 g/mol. The predicted molar refractivity (Wildman–Crippen MR) is 73.8 cm³/mol. The third-order valence-corrected chi connectivity index (χ3v) is 4.66. The molecule has 142 valence electrons. The minimum atomic E-state index is -5.06. The van der Waals surface area contributed by atoms with Gasteiger partial charge in [-0.05, 0) is 19.9 Å². The van der Waals surface area contributed by atoms with Gasteiger partial charge < -0.3 is 4.74 Å². The molecule has 0 radical (unpaired) electrons. The van der Waals surface area contributed by atoms with Gasteiger partial charge in [0.2, 0.25) is 5.88 Å². The van der Waals surface area contributed by atoms with Gasteiger partial charge in [0.15, 0.2) is 20.6 Å². The minimum absolute atomic E-state index is 0.413. The number of aromatic nitrogens is 2. The van der Waals surface area contributed by atoms with Crippen molar-refractivity contribution in [2.45, 2.75) is 38.0 Å². The molecule has 0 unspecified atom stereocenters. The van der Waals surface area contributed by atoms with Crippen molar-refractivity contribution < 1.29 is 39.9 Å². The minimum Gasteiger partial charge on any atom is -0.417 e. The van der Waals surface area contributed by atoms with Gasteiger partial charge in [0.1, 0.15) is 5.60 Å². The lowest BCUT2D eigenvalue weighted by Gasteiger charge is -2.12. The Morgan fingerprint density at radius 3 is 2.44 bits per heavy atom. The molecule has 0 aliphatic carbocycles. The molecular formula is C12H14F5N3O4S. The molecule has 0 saturated heterocycles. The van der Waals surface area contributed by atoms with Gasteiger partial charge in [0, 0.05) is 7.05 Å². The Morgan fingerprint density at radius 2 is 2.00 bits per heavy atom. The maximum Gasteiger partial charge on any atom is 0.435 e. The fourth-order valence-corrected chi connectivity index (χ4v) is 3.55. The second kappa shape index (κ2) is 6.12. The largest absolute Gasteiger partial charge is 0.435 e. The van der Waals surface area contributed by atoms with E-state index in [4.69, 9.17) is 4.84 Å². The molecule has 1 aromatic heterocycles. The molecule has 1 aliphatic heterocycles. The van der Waals surface area contributed by atoms with E-state index in [0.717, 1.165) is 13.1 Å². The van der Waals surface area contributed by atoms with E-state index in [1.165, 1.54) is 13.8 Å². The summed E-state index contributed by atoms with van der Waals surface area (Å²) < 4.78 is 93.4. The average Bonchev–Trinajstić information content (AvgIpc) is 2.92. The van der Waals surface area contributed by atoms with Crippen LogP contribution in [0.3, 0.4) is 0 Å². The van der Waals surface area contributed by atoms with Crippen LogP contribution in [0.5, 0.6) is 5.88 Å². The van der Waals surface area contributed by atoms with Gasteiger partial charge in [0.05, 0.1) is 11.3 Å². The molecule has 1 aromatic rings. The maximum absolute atomic E-state index is 13.1. The van der Waals surface area contributed by atoms with Crippen LogP contribution in [0.25, 0.3) is 0 Å². The Balaban J connectivity index is 2.50. The first-order valence-corrected chi connectivity index (χ1v) is 8.36. The molecule has 0 atom stereocenters. The van der Waals surface area contributed by atoms with Crippen molar-refractivity contribution in [2.24, 2.45) is 7.05 Å². The van der Waals surface area contributed by atoms with Crippen LogP contribution >= 0.6 is 0 Å². The van der Waals surface area contributed by atoms with Crippen LogP contribution in [-0.4, -0.2) is 30.4 Å². The van der Waals surface area contributed by atoms with Crippen LogP contribution in [-0.2, 0) is 33.7 Å². The van der Waals surface area contributed by atoms with E-state index < -0.39 is 56.1 Å². The summed E-state index contributed by atoms with van der Waals surface area (Å²) in [6.07, 6.45) is -3.90. The Hall–Kier alpha value is -1.89. The predicted octanol–water partition coefficient (Wildman–Crippen LogP) is 2.11. The monoisotopic (exact) mass is 391 g/mol. The highest BCUT2D eigenvalue weighted by atomic mass is 32.2. The molecule has 2 heterocycles. The number of hydroxylamine groups is 1. The number of alkyl halides is 5. The first-order chi connectivity index (χ1) is 11.2. The zero-order valence-electron chi connectivity index (χ0n) is 13.2. The van der Waals surface area contributed by atoms with E-state index in [9.17, 15) is 30.4 Å². The van der Waals surface area contributed by atoms with E-state index >= 15 is 0 Å². The van der Waals surface area contributed by atoms with Gasteiger partial charge in [-0.2, -0.15) is 27.1 Å². The molecule has 2 rings (SSSR count). The van der Waals surface area contributed by atoms with Gasteiger partial charge in [-0.1, -0.05) is 0 Å². The first-order valence-electron chi connectivity index (χ1n) is 6.70. The van der Waals surface area contributed by atoms with Gasteiger partial charge >= 0.3 is 12.8 Å². The summed E-state index contributed by atoms with van der Waals surface area (Å²) in [6.45, 7) is -0.429. The molecule has 1 N–H and O–H groups in total. The molecule has 0 saturated carbocycles. The zero-order valence-corrected chi connectivity index (χ0v) is 14.0. The van der Waals surface area contributed by atoms with Gasteiger partial charge in [0.25, 0.3) is 0 Å². The lowest BCUT2D eigenvalue weighted by atomic mass is 10.1. The highest BCUT2D eigenvalue weighted by Crippen LogP contribution is 2.38. The number of nitrogens with zero attached hydrogens (tertiary/aromatic N) is 2. The summed E-state index contributed by atoms with van der Waals surface area (Å²) in [5, 5.41) is 2.60. The Labute approximate surface area is 139 Å². The number of hydrogen-bond acceptors (Lipinski definition) is 6. The normalized spacial score (nSPS) is 17.6. The summed E-state index contributed by atoms with van der Waals surface area (Å²) in [7, 11) is -3.43. The molecule has 0 aromatic carbocycles. The summed E-state index contributed by atoms with van der Waals surface area (Å²) in [5.41, 5.74) is -1.53. The lowest BCUT2D eigenvalue weighted by Crippen LogP contribution is -2.23. The van der Waals surface area contributed by atoms with E-state index in [-0.39, 0.29) is 0 Å². The molecular weight excluding hydrogens is 377 g/mol. The number of halogens is 5. The molecule has 1 aliphatic rings. The summed E-state index contributed by atoms with van der Waals surface area (Å²) in [6, 6.07) is 0. The SMILES string of the molecule is Cn1nc(C(F)(F)F)c(CS(=O)(=O)C2=CC(C)(C)ON2)c1OC(F)F. The van der Waals surface area contributed by atoms with Crippen molar-refractivity contribution >= 4 is 9.84 Å². The quantitative estimate of drug-likeness (QED) is 0.775. The van der Waals surface area contributed by atoms with E-state index in [1.54, 1.807) is 0 Å². The van der Waals surface area contributed by atoms with E-state index in [1.807, 2.05) is 0 Å².